The summed E-state index contributed by atoms with van der Waals surface area (Å²) in [5.74, 6) is -0.609. The number of hydrazone groups is 1. The third-order valence-corrected chi connectivity index (χ3v) is 7.16. The number of carbonyl (C=O) groups is 1. The summed E-state index contributed by atoms with van der Waals surface area (Å²) in [7, 11) is -4.06. The van der Waals surface area contributed by atoms with Crippen LogP contribution in [0.25, 0.3) is 0 Å². The molecule has 0 radical (unpaired) electrons. The molecule has 172 valence electrons. The van der Waals surface area contributed by atoms with Crippen LogP contribution in [0.1, 0.15) is 16.7 Å². The van der Waals surface area contributed by atoms with Gasteiger partial charge in [0.2, 0.25) is 10.0 Å². The molecule has 10 heteroatoms. The largest absolute Gasteiger partial charge is 0.508 e. The monoisotopic (exact) mass is 505 g/mol. The predicted molar refractivity (Wildman–Crippen MR) is 129 cm³/mol. The van der Waals surface area contributed by atoms with E-state index in [4.69, 9.17) is 23.2 Å². The summed E-state index contributed by atoms with van der Waals surface area (Å²) >= 11 is 12.5. The van der Waals surface area contributed by atoms with Crippen molar-refractivity contribution in [1.82, 2.24) is 9.73 Å². The average Bonchev–Trinajstić information content (AvgIpc) is 2.76. The Kier molecular flexibility index (Phi) is 8.10. The summed E-state index contributed by atoms with van der Waals surface area (Å²) < 4.78 is 27.7. The zero-order chi connectivity index (χ0) is 24.0. The standard InChI is InChI=1S/C23H21Cl2N3O4S/c1-16-8-10-19(11-9-16)33(31,32)28(14-20-21(24)6-3-7-22(20)25)15-23(30)27-26-13-17-4-2-5-18(29)12-17/h2-13,29H,14-15H2,1H3,(H,27,30)/b26-13-. The molecular weight excluding hydrogens is 485 g/mol. The number of aryl methyl sites for hydroxylation is 1. The fourth-order valence-corrected chi connectivity index (χ4v) is 4.81. The molecule has 0 aliphatic rings. The molecule has 0 saturated carbocycles. The highest BCUT2D eigenvalue weighted by Crippen LogP contribution is 2.28. The minimum atomic E-state index is -4.06. The second-order valence-electron chi connectivity index (χ2n) is 7.17. The second-order valence-corrected chi connectivity index (χ2v) is 9.93. The molecule has 1 amide bonds. The van der Waals surface area contributed by atoms with Crippen molar-refractivity contribution in [1.29, 1.82) is 0 Å². The maximum Gasteiger partial charge on any atom is 0.255 e. The van der Waals surface area contributed by atoms with E-state index < -0.39 is 22.5 Å². The predicted octanol–water partition coefficient (Wildman–Crippen LogP) is 4.35. The molecule has 3 aromatic rings. The highest BCUT2D eigenvalue weighted by Gasteiger charge is 2.28. The molecule has 2 N–H and O–H groups in total. The van der Waals surface area contributed by atoms with Gasteiger partial charge in [0.15, 0.2) is 0 Å². The first-order chi connectivity index (χ1) is 15.7. The lowest BCUT2D eigenvalue weighted by Crippen LogP contribution is -2.39. The lowest BCUT2D eigenvalue weighted by molar-refractivity contribution is -0.121. The Morgan fingerprint density at radius 1 is 1.06 bits per heavy atom. The number of phenolic OH excluding ortho intramolecular Hbond substituents is 1. The van der Waals surface area contributed by atoms with Crippen molar-refractivity contribution in [2.24, 2.45) is 5.10 Å². The van der Waals surface area contributed by atoms with E-state index in [9.17, 15) is 18.3 Å². The van der Waals surface area contributed by atoms with Crippen LogP contribution in [-0.4, -0.2) is 36.5 Å². The van der Waals surface area contributed by atoms with E-state index in [0.29, 0.717) is 11.1 Å². The topological polar surface area (TPSA) is 99.1 Å². The molecule has 0 atom stereocenters. The van der Waals surface area contributed by atoms with Gasteiger partial charge in [-0.05, 0) is 48.9 Å². The van der Waals surface area contributed by atoms with Crippen LogP contribution in [0.4, 0.5) is 0 Å². The molecule has 7 nitrogen and oxygen atoms in total. The van der Waals surface area contributed by atoms with E-state index in [1.807, 2.05) is 6.92 Å². The SMILES string of the molecule is Cc1ccc(S(=O)(=O)N(CC(=O)N/N=C\c2cccc(O)c2)Cc2c(Cl)cccc2Cl)cc1. The Balaban J connectivity index is 1.84. The van der Waals surface area contributed by atoms with Gasteiger partial charge < -0.3 is 5.11 Å². The van der Waals surface area contributed by atoms with Gasteiger partial charge in [0, 0.05) is 22.2 Å². The highest BCUT2D eigenvalue weighted by molar-refractivity contribution is 7.89. The van der Waals surface area contributed by atoms with Gasteiger partial charge in [0.25, 0.3) is 5.91 Å². The maximum atomic E-state index is 13.3. The van der Waals surface area contributed by atoms with Crippen LogP contribution in [0.3, 0.4) is 0 Å². The Morgan fingerprint density at radius 2 is 1.70 bits per heavy atom. The van der Waals surface area contributed by atoms with Gasteiger partial charge in [-0.3, -0.25) is 4.79 Å². The number of sulfonamides is 1. The molecule has 33 heavy (non-hydrogen) atoms. The zero-order valence-corrected chi connectivity index (χ0v) is 19.9. The number of hydrogen-bond acceptors (Lipinski definition) is 5. The first-order valence-electron chi connectivity index (χ1n) is 9.77. The minimum Gasteiger partial charge on any atom is -0.508 e. The Hall–Kier alpha value is -2.91. The summed E-state index contributed by atoms with van der Waals surface area (Å²) in [5.41, 5.74) is 4.14. The van der Waals surface area contributed by atoms with Crippen molar-refractivity contribution in [3.8, 4) is 5.75 Å². The summed E-state index contributed by atoms with van der Waals surface area (Å²) in [6.45, 7) is 1.11. The van der Waals surface area contributed by atoms with Crippen LogP contribution in [0.5, 0.6) is 5.75 Å². The van der Waals surface area contributed by atoms with E-state index in [-0.39, 0.29) is 27.2 Å². The van der Waals surface area contributed by atoms with Crippen LogP contribution in [-0.2, 0) is 21.4 Å². The fourth-order valence-electron chi connectivity index (χ4n) is 2.92. The van der Waals surface area contributed by atoms with Crippen LogP contribution in [0, 0.1) is 6.92 Å². The van der Waals surface area contributed by atoms with Crippen molar-refractivity contribution >= 4 is 45.3 Å². The normalized spacial score (nSPS) is 11.8. The van der Waals surface area contributed by atoms with Gasteiger partial charge in [-0.25, -0.2) is 13.8 Å². The van der Waals surface area contributed by atoms with Crippen molar-refractivity contribution < 1.29 is 18.3 Å². The number of halogens is 2. The number of nitrogens with zero attached hydrogens (tertiary/aromatic N) is 2. The van der Waals surface area contributed by atoms with E-state index >= 15 is 0 Å². The van der Waals surface area contributed by atoms with Crippen molar-refractivity contribution in [3.05, 3.63) is 93.5 Å². The van der Waals surface area contributed by atoms with Gasteiger partial charge in [-0.15, -0.1) is 0 Å². The molecule has 0 aromatic heterocycles. The molecule has 0 saturated heterocycles. The Labute approximate surface area is 202 Å². The molecule has 3 rings (SSSR count). The van der Waals surface area contributed by atoms with E-state index in [1.54, 1.807) is 42.5 Å². The van der Waals surface area contributed by atoms with Crippen molar-refractivity contribution in [2.75, 3.05) is 6.54 Å². The third kappa shape index (κ3) is 6.55. The smallest absolute Gasteiger partial charge is 0.255 e. The van der Waals surface area contributed by atoms with Crippen molar-refractivity contribution in [2.45, 2.75) is 18.4 Å². The number of aromatic hydroxyl groups is 1. The molecule has 0 aliphatic heterocycles. The van der Waals surface area contributed by atoms with E-state index in [1.165, 1.54) is 30.5 Å². The van der Waals surface area contributed by atoms with Gasteiger partial charge in [-0.1, -0.05) is 59.1 Å². The third-order valence-electron chi connectivity index (χ3n) is 4.65. The first-order valence-corrected chi connectivity index (χ1v) is 12.0. The van der Waals surface area contributed by atoms with Crippen LogP contribution >= 0.6 is 23.2 Å². The molecule has 0 unspecified atom stereocenters. The number of carbonyl (C=O) groups excluding carboxylic acids is 1. The molecule has 0 aliphatic carbocycles. The number of amides is 1. The minimum absolute atomic E-state index is 0.0346. The maximum absolute atomic E-state index is 13.3. The van der Waals surface area contributed by atoms with Gasteiger partial charge in [0.1, 0.15) is 5.75 Å². The van der Waals surface area contributed by atoms with Gasteiger partial charge in [0.05, 0.1) is 17.7 Å². The number of nitrogens with one attached hydrogen (secondary N) is 1. The lowest BCUT2D eigenvalue weighted by Gasteiger charge is -2.22. The number of hydrogen-bond donors (Lipinski definition) is 2. The zero-order valence-electron chi connectivity index (χ0n) is 17.6. The summed E-state index contributed by atoms with van der Waals surface area (Å²) in [6, 6.07) is 17.4. The molecule has 0 heterocycles. The Morgan fingerprint density at radius 3 is 2.33 bits per heavy atom. The Bertz CT molecular complexity index is 1260. The van der Waals surface area contributed by atoms with E-state index in [0.717, 1.165) is 9.87 Å². The first kappa shape index (κ1) is 24.7. The van der Waals surface area contributed by atoms with E-state index in [2.05, 4.69) is 10.5 Å². The molecule has 0 spiro atoms. The average molecular weight is 506 g/mol. The quantitative estimate of drug-likeness (QED) is 0.351. The molecule has 0 fully saturated rings. The molecule has 3 aromatic carbocycles. The van der Waals surface area contributed by atoms with Crippen LogP contribution in [0.2, 0.25) is 10.0 Å². The molecular formula is C23H21Cl2N3O4S. The highest BCUT2D eigenvalue weighted by atomic mass is 35.5. The van der Waals surface area contributed by atoms with Gasteiger partial charge >= 0.3 is 0 Å². The van der Waals surface area contributed by atoms with Crippen LogP contribution in [0.15, 0.2) is 76.7 Å². The number of phenols is 1. The summed E-state index contributed by atoms with van der Waals surface area (Å²) in [6.07, 6.45) is 1.33. The second kappa shape index (κ2) is 10.8. The summed E-state index contributed by atoms with van der Waals surface area (Å²) in [4.78, 5) is 12.6. The molecule has 0 bridgehead atoms. The fraction of sp³-hybridized carbons (Fsp3) is 0.130. The van der Waals surface area contributed by atoms with Crippen molar-refractivity contribution in [3.63, 3.8) is 0 Å². The number of benzene rings is 3. The van der Waals surface area contributed by atoms with Crippen LogP contribution < -0.4 is 5.43 Å². The summed E-state index contributed by atoms with van der Waals surface area (Å²) in [5, 5.41) is 13.9. The number of rotatable bonds is 8. The van der Waals surface area contributed by atoms with Gasteiger partial charge in [-0.2, -0.15) is 9.41 Å². The lowest BCUT2D eigenvalue weighted by atomic mass is 10.2.